The first kappa shape index (κ1) is 18.6. The summed E-state index contributed by atoms with van der Waals surface area (Å²) in [7, 11) is 0. The molecular weight excluding hydrogens is 390 g/mol. The van der Waals surface area contributed by atoms with Crippen molar-refractivity contribution in [2.24, 2.45) is 0 Å². The molecule has 6 aromatic rings. The summed E-state index contributed by atoms with van der Waals surface area (Å²) < 4.78 is 6.17. The molecule has 0 saturated heterocycles. The number of hydrogen-bond acceptors (Lipinski definition) is 2. The van der Waals surface area contributed by atoms with Crippen LogP contribution in [-0.2, 0) is 0 Å². The molecule has 2 aromatic heterocycles. The third-order valence-corrected chi connectivity index (χ3v) is 5.93. The van der Waals surface area contributed by atoms with Crippen LogP contribution in [0.25, 0.3) is 55.6 Å². The highest BCUT2D eigenvalue weighted by Crippen LogP contribution is 2.38. The van der Waals surface area contributed by atoms with Gasteiger partial charge in [0.05, 0.1) is 11.4 Å². The SMILES string of the molecule is Cc1ccc2oc3cccc(-c4cc(-c5ccccc5)cc(-c5ccccc5)n4)c3c2c1. The quantitative estimate of drug-likeness (QED) is 0.293. The highest BCUT2D eigenvalue weighted by molar-refractivity contribution is 6.12. The molecule has 0 unspecified atom stereocenters. The van der Waals surface area contributed by atoms with Gasteiger partial charge in [-0.15, -0.1) is 0 Å². The predicted octanol–water partition coefficient (Wildman–Crippen LogP) is 8.29. The second kappa shape index (κ2) is 7.51. The summed E-state index contributed by atoms with van der Waals surface area (Å²) in [4.78, 5) is 5.12. The van der Waals surface area contributed by atoms with E-state index in [0.29, 0.717) is 0 Å². The largest absolute Gasteiger partial charge is 0.456 e. The first-order valence-corrected chi connectivity index (χ1v) is 10.8. The maximum absolute atomic E-state index is 6.17. The molecule has 0 aliphatic carbocycles. The Morgan fingerprint density at radius 2 is 1.28 bits per heavy atom. The van der Waals surface area contributed by atoms with Crippen LogP contribution in [0.5, 0.6) is 0 Å². The molecule has 0 aliphatic heterocycles. The average molecular weight is 412 g/mol. The van der Waals surface area contributed by atoms with Gasteiger partial charge in [0.2, 0.25) is 0 Å². The number of pyridine rings is 1. The van der Waals surface area contributed by atoms with Crippen LogP contribution in [0.3, 0.4) is 0 Å². The molecule has 2 nitrogen and oxygen atoms in total. The number of furan rings is 1. The number of rotatable bonds is 3. The highest BCUT2D eigenvalue weighted by atomic mass is 16.3. The van der Waals surface area contributed by atoms with Crippen molar-refractivity contribution in [3.8, 4) is 33.6 Å². The molecule has 2 heteroatoms. The second-order valence-electron chi connectivity index (χ2n) is 8.14. The lowest BCUT2D eigenvalue weighted by Crippen LogP contribution is -1.91. The number of benzene rings is 4. The van der Waals surface area contributed by atoms with Gasteiger partial charge in [-0.05, 0) is 48.4 Å². The number of hydrogen-bond donors (Lipinski definition) is 0. The van der Waals surface area contributed by atoms with Crippen molar-refractivity contribution in [2.45, 2.75) is 6.92 Å². The highest BCUT2D eigenvalue weighted by Gasteiger charge is 2.15. The van der Waals surface area contributed by atoms with Crippen LogP contribution < -0.4 is 0 Å². The van der Waals surface area contributed by atoms with Gasteiger partial charge in [-0.25, -0.2) is 4.98 Å². The predicted molar refractivity (Wildman–Crippen MR) is 133 cm³/mol. The first-order valence-electron chi connectivity index (χ1n) is 10.8. The summed E-state index contributed by atoms with van der Waals surface area (Å²) in [6, 6.07) is 37.8. The molecule has 6 rings (SSSR count). The van der Waals surface area contributed by atoms with Gasteiger partial charge in [-0.3, -0.25) is 0 Å². The van der Waals surface area contributed by atoms with E-state index >= 15 is 0 Å². The third kappa shape index (κ3) is 3.17. The Kier molecular flexibility index (Phi) is 4.36. The van der Waals surface area contributed by atoms with E-state index < -0.39 is 0 Å². The smallest absolute Gasteiger partial charge is 0.136 e. The molecule has 0 N–H and O–H groups in total. The standard InChI is InChI=1S/C30H21NO/c1-20-15-16-28-25(17-20)30-24(13-8-14-29(30)32-28)27-19-23(21-9-4-2-5-10-21)18-26(31-27)22-11-6-3-7-12-22/h2-19H,1H3. The molecule has 0 fully saturated rings. The molecule has 0 bridgehead atoms. The molecule has 0 spiro atoms. The van der Waals surface area contributed by atoms with Crippen molar-refractivity contribution in [1.29, 1.82) is 0 Å². The van der Waals surface area contributed by atoms with Crippen LogP contribution in [0, 0.1) is 6.92 Å². The second-order valence-corrected chi connectivity index (χ2v) is 8.14. The van der Waals surface area contributed by atoms with Gasteiger partial charge in [0.1, 0.15) is 11.2 Å². The van der Waals surface area contributed by atoms with E-state index in [4.69, 9.17) is 9.40 Å². The van der Waals surface area contributed by atoms with Crippen molar-refractivity contribution in [3.05, 3.63) is 115 Å². The Labute approximate surface area is 186 Å². The molecular formula is C30H21NO. The zero-order valence-corrected chi connectivity index (χ0v) is 17.7. The van der Waals surface area contributed by atoms with Gasteiger partial charge in [0.25, 0.3) is 0 Å². The minimum atomic E-state index is 0.885. The fourth-order valence-electron chi connectivity index (χ4n) is 4.38. The summed E-state index contributed by atoms with van der Waals surface area (Å²) in [5, 5.41) is 2.24. The molecule has 0 amide bonds. The van der Waals surface area contributed by atoms with E-state index in [1.165, 1.54) is 11.1 Å². The summed E-state index contributed by atoms with van der Waals surface area (Å²) in [5.41, 5.74) is 9.42. The van der Waals surface area contributed by atoms with Crippen LogP contribution in [-0.4, -0.2) is 4.98 Å². The molecule has 0 aliphatic rings. The Morgan fingerprint density at radius 3 is 2.06 bits per heavy atom. The zero-order chi connectivity index (χ0) is 21.5. The Hall–Kier alpha value is -4.17. The summed E-state index contributed by atoms with van der Waals surface area (Å²) in [5.74, 6) is 0. The van der Waals surface area contributed by atoms with Gasteiger partial charge in [0, 0.05) is 21.9 Å². The zero-order valence-electron chi connectivity index (χ0n) is 17.7. The fraction of sp³-hybridized carbons (Fsp3) is 0.0333. The van der Waals surface area contributed by atoms with Gasteiger partial charge < -0.3 is 4.42 Å². The molecule has 2 heterocycles. The molecule has 0 radical (unpaired) electrons. The third-order valence-electron chi connectivity index (χ3n) is 5.93. The van der Waals surface area contributed by atoms with E-state index in [2.05, 4.69) is 91.9 Å². The number of nitrogens with zero attached hydrogens (tertiary/aromatic N) is 1. The maximum Gasteiger partial charge on any atom is 0.136 e. The lowest BCUT2D eigenvalue weighted by molar-refractivity contribution is 0.669. The van der Waals surface area contributed by atoms with E-state index in [1.807, 2.05) is 24.3 Å². The van der Waals surface area contributed by atoms with Crippen LogP contribution in [0.4, 0.5) is 0 Å². The summed E-state index contributed by atoms with van der Waals surface area (Å²) >= 11 is 0. The van der Waals surface area contributed by atoms with Crippen LogP contribution >= 0.6 is 0 Å². The van der Waals surface area contributed by atoms with E-state index in [0.717, 1.165) is 50.0 Å². The lowest BCUT2D eigenvalue weighted by atomic mass is 9.97. The molecule has 32 heavy (non-hydrogen) atoms. The molecule has 0 atom stereocenters. The van der Waals surface area contributed by atoms with E-state index in [-0.39, 0.29) is 0 Å². The Balaban J connectivity index is 1.66. The maximum atomic E-state index is 6.17. The van der Waals surface area contributed by atoms with E-state index in [1.54, 1.807) is 0 Å². The van der Waals surface area contributed by atoms with E-state index in [9.17, 15) is 0 Å². The first-order chi connectivity index (χ1) is 15.8. The number of aromatic nitrogens is 1. The van der Waals surface area contributed by atoms with Crippen molar-refractivity contribution in [3.63, 3.8) is 0 Å². The fourth-order valence-corrected chi connectivity index (χ4v) is 4.38. The van der Waals surface area contributed by atoms with Crippen LogP contribution in [0.2, 0.25) is 0 Å². The van der Waals surface area contributed by atoms with Crippen molar-refractivity contribution in [2.75, 3.05) is 0 Å². The average Bonchev–Trinajstić information content (AvgIpc) is 3.23. The number of fused-ring (bicyclic) bond motifs is 3. The van der Waals surface area contributed by atoms with Crippen LogP contribution in [0.15, 0.2) is 114 Å². The van der Waals surface area contributed by atoms with Crippen molar-refractivity contribution in [1.82, 2.24) is 4.98 Å². The number of aryl methyl sites for hydroxylation is 1. The molecule has 152 valence electrons. The molecule has 4 aromatic carbocycles. The monoisotopic (exact) mass is 411 g/mol. The van der Waals surface area contributed by atoms with Crippen molar-refractivity contribution >= 4 is 21.9 Å². The topological polar surface area (TPSA) is 26.0 Å². The van der Waals surface area contributed by atoms with Gasteiger partial charge in [-0.1, -0.05) is 84.4 Å². The van der Waals surface area contributed by atoms with Crippen LogP contribution in [0.1, 0.15) is 5.56 Å². The minimum Gasteiger partial charge on any atom is -0.456 e. The van der Waals surface area contributed by atoms with Gasteiger partial charge in [-0.2, -0.15) is 0 Å². The molecule has 0 saturated carbocycles. The van der Waals surface area contributed by atoms with Gasteiger partial charge >= 0.3 is 0 Å². The Bertz CT molecular complexity index is 1510. The Morgan fingerprint density at radius 1 is 0.562 bits per heavy atom. The normalized spacial score (nSPS) is 11.3. The minimum absolute atomic E-state index is 0.885. The lowest BCUT2D eigenvalue weighted by Gasteiger charge is -2.11. The summed E-state index contributed by atoms with van der Waals surface area (Å²) in [6.07, 6.45) is 0. The van der Waals surface area contributed by atoms with Gasteiger partial charge in [0.15, 0.2) is 0 Å². The summed E-state index contributed by atoms with van der Waals surface area (Å²) in [6.45, 7) is 2.11. The van der Waals surface area contributed by atoms with Crippen molar-refractivity contribution < 1.29 is 4.42 Å².